The average molecular weight is 324 g/mol. The summed E-state index contributed by atoms with van der Waals surface area (Å²) < 4.78 is 30.7. The summed E-state index contributed by atoms with van der Waals surface area (Å²) in [4.78, 5) is 12.0. The summed E-state index contributed by atoms with van der Waals surface area (Å²) in [7, 11) is 0. The summed E-state index contributed by atoms with van der Waals surface area (Å²) in [6.07, 6.45) is 3.79. The first kappa shape index (κ1) is 20.7. The molecule has 0 saturated heterocycles. The zero-order valence-electron chi connectivity index (χ0n) is 13.8. The van der Waals surface area contributed by atoms with E-state index in [-0.39, 0.29) is 17.6 Å². The van der Waals surface area contributed by atoms with Crippen LogP contribution in [0.4, 0.5) is 8.78 Å². The Morgan fingerprint density at radius 2 is 1.90 bits per heavy atom. The van der Waals surface area contributed by atoms with E-state index in [0.717, 1.165) is 31.9 Å². The summed E-state index contributed by atoms with van der Waals surface area (Å²) in [6, 6.07) is 0. The van der Waals surface area contributed by atoms with Gasteiger partial charge in [0.1, 0.15) is 5.25 Å². The van der Waals surface area contributed by atoms with E-state index in [9.17, 15) is 13.6 Å². The molecule has 0 rings (SSSR count). The highest BCUT2D eigenvalue weighted by Gasteiger charge is 2.23. The molecule has 21 heavy (non-hydrogen) atoms. The summed E-state index contributed by atoms with van der Waals surface area (Å²) in [5, 5.41) is -0.163. The van der Waals surface area contributed by atoms with Crippen LogP contribution in [0.1, 0.15) is 66.2 Å². The van der Waals surface area contributed by atoms with Crippen LogP contribution in [0.15, 0.2) is 0 Å². The molecule has 126 valence electrons. The van der Waals surface area contributed by atoms with Crippen molar-refractivity contribution in [1.29, 1.82) is 0 Å². The van der Waals surface area contributed by atoms with Crippen molar-refractivity contribution < 1.29 is 18.3 Å². The zero-order chi connectivity index (χ0) is 16.3. The lowest BCUT2D eigenvalue weighted by atomic mass is 10.1. The fourth-order valence-electron chi connectivity index (χ4n) is 1.83. The molecule has 0 N–H and O–H groups in total. The number of hydrogen-bond donors (Lipinski definition) is 0. The van der Waals surface area contributed by atoms with Crippen molar-refractivity contribution in [3.63, 3.8) is 0 Å². The van der Waals surface area contributed by atoms with Crippen LogP contribution in [0.2, 0.25) is 0 Å². The van der Waals surface area contributed by atoms with Crippen molar-refractivity contribution in [2.24, 2.45) is 5.92 Å². The number of rotatable bonds is 12. The van der Waals surface area contributed by atoms with E-state index in [1.54, 1.807) is 11.8 Å². The molecule has 0 heterocycles. The molecule has 0 saturated carbocycles. The van der Waals surface area contributed by atoms with Crippen molar-refractivity contribution in [1.82, 2.24) is 0 Å². The normalized spacial score (nSPS) is 13.5. The van der Waals surface area contributed by atoms with Gasteiger partial charge in [-0.2, -0.15) is 0 Å². The third-order valence-electron chi connectivity index (χ3n) is 3.02. The topological polar surface area (TPSA) is 26.3 Å². The van der Waals surface area contributed by atoms with Gasteiger partial charge in [0.25, 0.3) is 0 Å². The van der Waals surface area contributed by atoms with Crippen LogP contribution in [0.3, 0.4) is 0 Å². The van der Waals surface area contributed by atoms with Gasteiger partial charge in [0.2, 0.25) is 5.92 Å². The Morgan fingerprint density at radius 1 is 1.24 bits per heavy atom. The van der Waals surface area contributed by atoms with Gasteiger partial charge in [0.15, 0.2) is 0 Å². The third-order valence-corrected chi connectivity index (χ3v) is 4.33. The second kappa shape index (κ2) is 11.3. The van der Waals surface area contributed by atoms with E-state index in [4.69, 9.17) is 4.74 Å². The Balaban J connectivity index is 4.03. The van der Waals surface area contributed by atoms with Gasteiger partial charge in [0.05, 0.1) is 6.61 Å². The number of thioether (sulfide) groups is 1. The van der Waals surface area contributed by atoms with Crippen molar-refractivity contribution in [2.75, 3.05) is 12.4 Å². The Labute approximate surface area is 132 Å². The Hall–Kier alpha value is -0.320. The van der Waals surface area contributed by atoms with Gasteiger partial charge in [-0.15, -0.1) is 11.8 Å². The van der Waals surface area contributed by atoms with Gasteiger partial charge in [-0.05, 0) is 44.3 Å². The van der Waals surface area contributed by atoms with Crippen LogP contribution in [-0.2, 0) is 9.53 Å². The maximum Gasteiger partial charge on any atom is 0.319 e. The number of hydrogen-bond acceptors (Lipinski definition) is 3. The first-order chi connectivity index (χ1) is 9.76. The molecule has 0 spiro atoms. The smallest absolute Gasteiger partial charge is 0.319 e. The number of esters is 1. The van der Waals surface area contributed by atoms with E-state index in [2.05, 4.69) is 20.8 Å². The second-order valence-electron chi connectivity index (χ2n) is 6.04. The lowest BCUT2D eigenvalue weighted by Gasteiger charge is -2.17. The van der Waals surface area contributed by atoms with Gasteiger partial charge in [-0.1, -0.05) is 27.2 Å². The van der Waals surface area contributed by atoms with Crippen LogP contribution in [-0.4, -0.2) is 29.5 Å². The second-order valence-corrected chi connectivity index (χ2v) is 7.35. The van der Waals surface area contributed by atoms with Gasteiger partial charge in [-0.3, -0.25) is 4.79 Å². The molecule has 0 aromatic heterocycles. The third kappa shape index (κ3) is 13.1. The molecule has 1 atom stereocenters. The molecule has 0 aliphatic heterocycles. The predicted octanol–water partition coefficient (Wildman–Crippen LogP) is 5.30. The molecule has 2 nitrogen and oxygen atoms in total. The molecular formula is C16H30F2O2S. The summed E-state index contributed by atoms with van der Waals surface area (Å²) >= 11 is 1.55. The van der Waals surface area contributed by atoms with Crippen molar-refractivity contribution >= 4 is 17.7 Å². The van der Waals surface area contributed by atoms with Crippen molar-refractivity contribution in [2.45, 2.75) is 77.4 Å². The minimum atomic E-state index is -2.58. The first-order valence-corrected chi connectivity index (χ1v) is 8.97. The Bertz CT molecular complexity index is 278. The largest absolute Gasteiger partial charge is 0.465 e. The Morgan fingerprint density at radius 3 is 2.43 bits per heavy atom. The molecule has 0 radical (unpaired) electrons. The predicted molar refractivity (Wildman–Crippen MR) is 86.0 cm³/mol. The number of carbonyl (C=O) groups excluding carboxylic acids is 1. The van der Waals surface area contributed by atoms with E-state index in [0.29, 0.717) is 25.4 Å². The van der Waals surface area contributed by atoms with E-state index < -0.39 is 5.92 Å². The van der Waals surface area contributed by atoms with Gasteiger partial charge in [-0.25, -0.2) is 8.78 Å². The first-order valence-electron chi connectivity index (χ1n) is 7.92. The minimum Gasteiger partial charge on any atom is -0.465 e. The van der Waals surface area contributed by atoms with Gasteiger partial charge < -0.3 is 4.74 Å². The maximum atomic E-state index is 12.7. The SMILES string of the molecule is CCCCOC(=O)C(CC(C)C)SCCCCC(C)(F)F. The highest BCUT2D eigenvalue weighted by atomic mass is 32.2. The van der Waals surface area contributed by atoms with Crippen LogP contribution < -0.4 is 0 Å². The average Bonchev–Trinajstić information content (AvgIpc) is 2.35. The molecule has 0 amide bonds. The molecule has 0 aromatic carbocycles. The molecule has 0 aliphatic rings. The molecule has 0 bridgehead atoms. The molecule has 0 aliphatic carbocycles. The minimum absolute atomic E-state index is 0.0800. The maximum absolute atomic E-state index is 12.7. The Kier molecular flexibility index (Phi) is 11.1. The lowest BCUT2D eigenvalue weighted by Crippen LogP contribution is -2.23. The molecular weight excluding hydrogens is 294 g/mol. The monoisotopic (exact) mass is 324 g/mol. The molecule has 5 heteroatoms. The quantitative estimate of drug-likeness (QED) is 0.360. The number of carbonyl (C=O) groups is 1. The highest BCUT2D eigenvalue weighted by molar-refractivity contribution is 8.00. The van der Waals surface area contributed by atoms with Crippen LogP contribution in [0.25, 0.3) is 0 Å². The highest BCUT2D eigenvalue weighted by Crippen LogP contribution is 2.24. The van der Waals surface area contributed by atoms with Gasteiger partial charge >= 0.3 is 5.97 Å². The van der Waals surface area contributed by atoms with Crippen LogP contribution in [0, 0.1) is 5.92 Å². The number of halogens is 2. The van der Waals surface area contributed by atoms with Crippen molar-refractivity contribution in [3.05, 3.63) is 0 Å². The van der Waals surface area contributed by atoms with Crippen molar-refractivity contribution in [3.8, 4) is 0 Å². The fourth-order valence-corrected chi connectivity index (χ4v) is 3.21. The van der Waals surface area contributed by atoms with E-state index in [1.807, 2.05) is 0 Å². The zero-order valence-corrected chi connectivity index (χ0v) is 14.6. The fraction of sp³-hybridized carbons (Fsp3) is 0.938. The lowest BCUT2D eigenvalue weighted by molar-refractivity contribution is -0.143. The molecule has 1 unspecified atom stereocenters. The molecule has 0 fully saturated rings. The number of unbranched alkanes of at least 4 members (excludes halogenated alkanes) is 2. The summed E-state index contributed by atoms with van der Waals surface area (Å²) in [6.45, 7) is 7.63. The van der Waals surface area contributed by atoms with Crippen LogP contribution in [0.5, 0.6) is 0 Å². The van der Waals surface area contributed by atoms with Crippen LogP contribution >= 0.6 is 11.8 Å². The van der Waals surface area contributed by atoms with E-state index in [1.165, 1.54) is 0 Å². The number of ether oxygens (including phenoxy) is 1. The summed E-state index contributed by atoms with van der Waals surface area (Å²) in [5.41, 5.74) is 0. The molecule has 0 aromatic rings. The van der Waals surface area contributed by atoms with Gasteiger partial charge in [0, 0.05) is 6.42 Å². The summed E-state index contributed by atoms with van der Waals surface area (Å²) in [5.74, 6) is -1.58. The number of alkyl halides is 2. The van der Waals surface area contributed by atoms with E-state index >= 15 is 0 Å². The standard InChI is InChI=1S/C16H30F2O2S/c1-5-6-10-20-15(19)14(12-13(2)3)21-11-8-7-9-16(4,17)18/h13-14H,5-12H2,1-4H3.